The SMILES string of the molecule is Cc1oc2ccccc2c2nn(-c3ccc(Br)cc3)c(=O)c1-2. The van der Waals surface area contributed by atoms with Gasteiger partial charge in [0.05, 0.1) is 5.69 Å². The normalized spacial score (nSPS) is 11.4. The predicted molar refractivity (Wildman–Crippen MR) is 88.7 cm³/mol. The molecule has 2 aromatic rings. The summed E-state index contributed by atoms with van der Waals surface area (Å²) in [5.41, 5.74) is 2.50. The Labute approximate surface area is 134 Å². The molecule has 4 rings (SSSR count). The Morgan fingerprint density at radius 2 is 1.82 bits per heavy atom. The van der Waals surface area contributed by atoms with Gasteiger partial charge in [-0.3, -0.25) is 4.79 Å². The molecule has 4 nitrogen and oxygen atoms in total. The summed E-state index contributed by atoms with van der Waals surface area (Å²) in [6.45, 7) is 1.80. The van der Waals surface area contributed by atoms with E-state index in [0.29, 0.717) is 17.0 Å². The van der Waals surface area contributed by atoms with Crippen LogP contribution in [0.5, 0.6) is 0 Å². The second-order valence-electron chi connectivity index (χ2n) is 5.07. The molecule has 0 saturated carbocycles. The molecular formula is C17H11BrN2O2. The van der Waals surface area contributed by atoms with Crippen molar-refractivity contribution in [3.05, 3.63) is 69.1 Å². The van der Waals surface area contributed by atoms with Crippen molar-refractivity contribution in [3.63, 3.8) is 0 Å². The van der Waals surface area contributed by atoms with Crippen molar-refractivity contribution in [2.24, 2.45) is 0 Å². The molecule has 22 heavy (non-hydrogen) atoms. The third kappa shape index (κ3) is 1.89. The van der Waals surface area contributed by atoms with Gasteiger partial charge in [-0.05, 0) is 43.3 Å². The summed E-state index contributed by atoms with van der Waals surface area (Å²) in [5, 5.41) is 5.37. The lowest BCUT2D eigenvalue weighted by molar-refractivity contribution is 0.567. The molecule has 0 radical (unpaired) electrons. The van der Waals surface area contributed by atoms with Crippen LogP contribution in [0, 0.1) is 6.92 Å². The van der Waals surface area contributed by atoms with E-state index in [1.165, 1.54) is 4.68 Å². The number of nitrogens with zero attached hydrogens (tertiary/aromatic N) is 2. The fourth-order valence-electron chi connectivity index (χ4n) is 2.63. The van der Waals surface area contributed by atoms with Gasteiger partial charge in [0.15, 0.2) is 0 Å². The lowest BCUT2D eigenvalue weighted by Crippen LogP contribution is -2.14. The van der Waals surface area contributed by atoms with E-state index in [1.54, 1.807) is 6.92 Å². The smallest absolute Gasteiger partial charge is 0.284 e. The first-order chi connectivity index (χ1) is 10.6. The molecule has 0 aliphatic carbocycles. The average Bonchev–Trinajstić information content (AvgIpc) is 2.87. The first kappa shape index (κ1) is 13.3. The summed E-state index contributed by atoms with van der Waals surface area (Å²) in [7, 11) is 0. The van der Waals surface area contributed by atoms with Gasteiger partial charge in [-0.25, -0.2) is 0 Å². The maximum Gasteiger partial charge on any atom is 0.284 e. The van der Waals surface area contributed by atoms with Gasteiger partial charge in [-0.2, -0.15) is 9.78 Å². The number of para-hydroxylation sites is 1. The van der Waals surface area contributed by atoms with Crippen LogP contribution in [-0.2, 0) is 0 Å². The standard InChI is InChI=1S/C17H11BrN2O2/c1-10-15-16(13-4-2-3-5-14(13)22-10)19-20(17(15)21)12-8-6-11(18)7-9-12/h2-9H,1H3. The zero-order chi connectivity index (χ0) is 15.3. The minimum atomic E-state index is -0.163. The molecule has 2 aliphatic rings. The maximum atomic E-state index is 12.7. The molecule has 0 N–H and O–H groups in total. The third-order valence-electron chi connectivity index (χ3n) is 3.67. The van der Waals surface area contributed by atoms with E-state index in [4.69, 9.17) is 4.42 Å². The van der Waals surface area contributed by atoms with Gasteiger partial charge in [0.2, 0.25) is 0 Å². The fourth-order valence-corrected chi connectivity index (χ4v) is 2.90. The average molecular weight is 355 g/mol. The molecule has 0 unspecified atom stereocenters. The van der Waals surface area contributed by atoms with E-state index in [9.17, 15) is 4.79 Å². The third-order valence-corrected chi connectivity index (χ3v) is 4.20. The lowest BCUT2D eigenvalue weighted by atomic mass is 10.1. The zero-order valence-electron chi connectivity index (χ0n) is 11.7. The molecule has 0 bridgehead atoms. The van der Waals surface area contributed by atoms with Crippen LogP contribution in [0.1, 0.15) is 5.76 Å². The Kier molecular flexibility index (Phi) is 2.90. The lowest BCUT2D eigenvalue weighted by Gasteiger charge is -2.04. The molecule has 0 atom stereocenters. The van der Waals surface area contributed by atoms with Crippen molar-refractivity contribution >= 4 is 26.9 Å². The van der Waals surface area contributed by atoms with Gasteiger partial charge >= 0.3 is 0 Å². The molecule has 108 valence electrons. The summed E-state index contributed by atoms with van der Waals surface area (Å²) >= 11 is 3.39. The fraction of sp³-hybridized carbons (Fsp3) is 0.0588. The molecule has 2 aromatic carbocycles. The van der Waals surface area contributed by atoms with Crippen LogP contribution < -0.4 is 5.56 Å². The van der Waals surface area contributed by atoms with Crippen molar-refractivity contribution in [3.8, 4) is 16.9 Å². The van der Waals surface area contributed by atoms with E-state index in [0.717, 1.165) is 21.1 Å². The van der Waals surface area contributed by atoms with E-state index in [1.807, 2.05) is 48.5 Å². The second kappa shape index (κ2) is 4.81. The molecule has 0 saturated heterocycles. The Hall–Kier alpha value is -2.40. The Balaban J connectivity index is 2.10. The Morgan fingerprint density at radius 1 is 1.09 bits per heavy atom. The molecule has 0 aromatic heterocycles. The quantitative estimate of drug-likeness (QED) is 0.515. The Bertz CT molecular complexity index is 1020. The van der Waals surface area contributed by atoms with Crippen LogP contribution in [0.15, 0.2) is 62.2 Å². The van der Waals surface area contributed by atoms with Crippen molar-refractivity contribution in [2.75, 3.05) is 0 Å². The van der Waals surface area contributed by atoms with Crippen molar-refractivity contribution in [1.29, 1.82) is 0 Å². The highest BCUT2D eigenvalue weighted by Gasteiger charge is 2.22. The van der Waals surface area contributed by atoms with Gasteiger partial charge in [0.1, 0.15) is 22.6 Å². The number of hydrogen-bond acceptors (Lipinski definition) is 3. The van der Waals surface area contributed by atoms with Crippen LogP contribution >= 0.6 is 15.9 Å². The molecular weight excluding hydrogens is 344 g/mol. The number of hydrogen-bond donors (Lipinski definition) is 0. The van der Waals surface area contributed by atoms with Gasteiger partial charge in [-0.15, -0.1) is 0 Å². The monoisotopic (exact) mass is 354 g/mol. The van der Waals surface area contributed by atoms with Crippen molar-refractivity contribution in [1.82, 2.24) is 9.78 Å². The summed E-state index contributed by atoms with van der Waals surface area (Å²) in [6.07, 6.45) is 0. The first-order valence-electron chi connectivity index (χ1n) is 6.82. The van der Waals surface area contributed by atoms with E-state index in [2.05, 4.69) is 21.0 Å². The maximum absolute atomic E-state index is 12.7. The number of benzene rings is 2. The summed E-state index contributed by atoms with van der Waals surface area (Å²) in [4.78, 5) is 12.7. The zero-order valence-corrected chi connectivity index (χ0v) is 13.3. The number of aryl methyl sites for hydroxylation is 1. The minimum Gasteiger partial charge on any atom is -0.460 e. The first-order valence-corrected chi connectivity index (χ1v) is 7.61. The summed E-state index contributed by atoms with van der Waals surface area (Å²) in [5.74, 6) is 0.585. The van der Waals surface area contributed by atoms with Crippen LogP contribution in [0.3, 0.4) is 0 Å². The van der Waals surface area contributed by atoms with Gasteiger partial charge < -0.3 is 4.42 Å². The molecule has 0 fully saturated rings. The van der Waals surface area contributed by atoms with Crippen molar-refractivity contribution < 1.29 is 4.42 Å². The number of rotatable bonds is 1. The predicted octanol–water partition coefficient (Wildman–Crippen LogP) is 4.15. The molecule has 2 aliphatic heterocycles. The number of halogens is 1. The summed E-state index contributed by atoms with van der Waals surface area (Å²) in [6, 6.07) is 15.1. The molecule has 5 heteroatoms. The van der Waals surface area contributed by atoms with Crippen LogP contribution in [0.4, 0.5) is 0 Å². The van der Waals surface area contributed by atoms with Gasteiger partial charge in [0, 0.05) is 9.86 Å². The Morgan fingerprint density at radius 3 is 2.59 bits per heavy atom. The van der Waals surface area contributed by atoms with Crippen LogP contribution in [-0.4, -0.2) is 9.78 Å². The minimum absolute atomic E-state index is 0.163. The molecule has 0 amide bonds. The van der Waals surface area contributed by atoms with E-state index >= 15 is 0 Å². The largest absolute Gasteiger partial charge is 0.460 e. The van der Waals surface area contributed by atoms with Gasteiger partial charge in [-0.1, -0.05) is 28.1 Å². The highest BCUT2D eigenvalue weighted by atomic mass is 79.9. The van der Waals surface area contributed by atoms with Crippen molar-refractivity contribution in [2.45, 2.75) is 6.92 Å². The van der Waals surface area contributed by atoms with Crippen LogP contribution in [0.25, 0.3) is 27.9 Å². The number of aromatic nitrogens is 2. The van der Waals surface area contributed by atoms with Crippen LogP contribution in [0.2, 0.25) is 0 Å². The highest BCUT2D eigenvalue weighted by Crippen LogP contribution is 2.30. The second-order valence-corrected chi connectivity index (χ2v) is 5.99. The number of fused-ring (bicyclic) bond motifs is 3. The summed E-state index contributed by atoms with van der Waals surface area (Å²) < 4.78 is 8.14. The molecule has 2 heterocycles. The van der Waals surface area contributed by atoms with E-state index in [-0.39, 0.29) is 5.56 Å². The molecule has 0 spiro atoms. The van der Waals surface area contributed by atoms with E-state index < -0.39 is 0 Å². The highest BCUT2D eigenvalue weighted by molar-refractivity contribution is 9.10. The topological polar surface area (TPSA) is 48.0 Å². The van der Waals surface area contributed by atoms with Gasteiger partial charge in [0.25, 0.3) is 5.56 Å².